The van der Waals surface area contributed by atoms with Gasteiger partial charge in [0.25, 0.3) is 5.91 Å². The van der Waals surface area contributed by atoms with E-state index in [4.69, 9.17) is 4.74 Å². The van der Waals surface area contributed by atoms with E-state index in [1.165, 1.54) is 0 Å². The zero-order valence-corrected chi connectivity index (χ0v) is 15.1. The summed E-state index contributed by atoms with van der Waals surface area (Å²) in [7, 11) is 1.63. The zero-order chi connectivity index (χ0) is 18.9. The third-order valence-electron chi connectivity index (χ3n) is 3.81. The van der Waals surface area contributed by atoms with Gasteiger partial charge in [0.1, 0.15) is 11.5 Å². The molecule has 0 bridgehead atoms. The second-order valence-corrected chi connectivity index (χ2v) is 5.79. The smallest absolute Gasteiger partial charge is 0.270 e. The van der Waals surface area contributed by atoms with Gasteiger partial charge in [-0.15, -0.1) is 0 Å². The van der Waals surface area contributed by atoms with E-state index in [2.05, 4.69) is 25.6 Å². The van der Waals surface area contributed by atoms with Gasteiger partial charge in [0.2, 0.25) is 0 Å². The van der Waals surface area contributed by atoms with Crippen LogP contribution in [0, 0.1) is 0 Å². The Morgan fingerprint density at radius 3 is 2.59 bits per heavy atom. The lowest BCUT2D eigenvalue weighted by atomic mass is 10.2. The lowest BCUT2D eigenvalue weighted by molar-refractivity contribution is 0.0946. The molecular weight excluding hydrogens is 342 g/mol. The summed E-state index contributed by atoms with van der Waals surface area (Å²) in [5, 5.41) is 6.04. The number of hydrogen-bond acceptors (Lipinski definition) is 6. The van der Waals surface area contributed by atoms with Gasteiger partial charge < -0.3 is 15.4 Å². The van der Waals surface area contributed by atoms with Crippen molar-refractivity contribution in [2.75, 3.05) is 25.6 Å². The van der Waals surface area contributed by atoms with E-state index in [1.54, 1.807) is 25.6 Å². The first-order valence-electron chi connectivity index (χ1n) is 8.60. The van der Waals surface area contributed by atoms with Crippen LogP contribution in [-0.2, 0) is 11.3 Å². The number of nitrogens with zero attached hydrogens (tertiary/aromatic N) is 3. The van der Waals surface area contributed by atoms with E-state index in [0.717, 1.165) is 11.1 Å². The first-order chi connectivity index (χ1) is 13.3. The van der Waals surface area contributed by atoms with Gasteiger partial charge >= 0.3 is 0 Å². The number of benzene rings is 1. The third kappa shape index (κ3) is 5.32. The van der Waals surface area contributed by atoms with Crippen molar-refractivity contribution in [1.82, 2.24) is 20.3 Å². The average Bonchev–Trinajstić information content (AvgIpc) is 2.73. The van der Waals surface area contributed by atoms with Crippen molar-refractivity contribution in [3.63, 3.8) is 0 Å². The maximum absolute atomic E-state index is 12.6. The standard InChI is InChI=1S/C20H21N5O2/c1-27-12-11-22-18-13-17(20(26)23-14-15-7-9-21-10-8-15)24-19(25-18)16-5-3-2-4-6-16/h2-10,13H,11-12,14H2,1H3,(H,23,26)(H,22,24,25). The van der Waals surface area contributed by atoms with Crippen LogP contribution in [0.25, 0.3) is 11.4 Å². The number of rotatable bonds is 8. The summed E-state index contributed by atoms with van der Waals surface area (Å²) in [5.74, 6) is 0.809. The molecule has 1 amide bonds. The van der Waals surface area contributed by atoms with Crippen LogP contribution < -0.4 is 10.6 Å². The van der Waals surface area contributed by atoms with Crippen molar-refractivity contribution < 1.29 is 9.53 Å². The Labute approximate surface area is 157 Å². The van der Waals surface area contributed by atoms with Gasteiger partial charge in [-0.3, -0.25) is 9.78 Å². The van der Waals surface area contributed by atoms with Crippen molar-refractivity contribution in [3.05, 3.63) is 72.2 Å². The number of carbonyl (C=O) groups excluding carboxylic acids is 1. The predicted molar refractivity (Wildman–Crippen MR) is 103 cm³/mol. The molecule has 0 aliphatic carbocycles. The fourth-order valence-electron chi connectivity index (χ4n) is 2.43. The maximum Gasteiger partial charge on any atom is 0.270 e. The Morgan fingerprint density at radius 1 is 1.07 bits per heavy atom. The molecule has 2 aromatic heterocycles. The summed E-state index contributed by atoms with van der Waals surface area (Å²) in [6, 6.07) is 14.9. The molecule has 3 aromatic rings. The molecule has 27 heavy (non-hydrogen) atoms. The lowest BCUT2D eigenvalue weighted by Gasteiger charge is -2.10. The van der Waals surface area contributed by atoms with E-state index in [-0.39, 0.29) is 5.91 Å². The molecule has 0 spiro atoms. The molecule has 1 aromatic carbocycles. The van der Waals surface area contributed by atoms with Gasteiger partial charge in [-0.05, 0) is 17.7 Å². The second kappa shape index (κ2) is 9.40. The minimum Gasteiger partial charge on any atom is -0.383 e. The highest BCUT2D eigenvalue weighted by Crippen LogP contribution is 2.18. The van der Waals surface area contributed by atoms with E-state index >= 15 is 0 Å². The Bertz CT molecular complexity index is 872. The summed E-state index contributed by atoms with van der Waals surface area (Å²) in [6.07, 6.45) is 3.38. The Kier molecular flexibility index (Phi) is 6.43. The third-order valence-corrected chi connectivity index (χ3v) is 3.81. The first-order valence-corrected chi connectivity index (χ1v) is 8.60. The predicted octanol–water partition coefficient (Wildman–Crippen LogP) is 2.53. The van der Waals surface area contributed by atoms with E-state index in [1.807, 2.05) is 42.5 Å². The highest BCUT2D eigenvalue weighted by atomic mass is 16.5. The first kappa shape index (κ1) is 18.5. The Hall–Kier alpha value is -3.32. The van der Waals surface area contributed by atoms with Crippen molar-refractivity contribution >= 4 is 11.7 Å². The van der Waals surface area contributed by atoms with E-state index in [9.17, 15) is 4.79 Å². The minimum absolute atomic E-state index is 0.263. The zero-order valence-electron chi connectivity index (χ0n) is 15.1. The molecule has 2 heterocycles. The molecule has 0 aliphatic heterocycles. The summed E-state index contributed by atoms with van der Waals surface area (Å²) in [6.45, 7) is 1.52. The van der Waals surface area contributed by atoms with Gasteiger partial charge in [-0.1, -0.05) is 30.3 Å². The number of nitrogens with one attached hydrogen (secondary N) is 2. The molecule has 0 fully saturated rings. The van der Waals surface area contributed by atoms with Crippen LogP contribution >= 0.6 is 0 Å². The van der Waals surface area contributed by atoms with Crippen LogP contribution in [0.5, 0.6) is 0 Å². The molecule has 3 rings (SSSR count). The van der Waals surface area contributed by atoms with E-state index < -0.39 is 0 Å². The molecule has 0 saturated carbocycles. The number of methoxy groups -OCH3 is 1. The molecule has 0 atom stereocenters. The largest absolute Gasteiger partial charge is 0.383 e. The molecule has 0 unspecified atom stereocenters. The lowest BCUT2D eigenvalue weighted by Crippen LogP contribution is -2.24. The van der Waals surface area contributed by atoms with Crippen LogP contribution in [0.4, 0.5) is 5.82 Å². The number of pyridine rings is 1. The van der Waals surface area contributed by atoms with Crippen LogP contribution in [0.3, 0.4) is 0 Å². The number of ether oxygens (including phenoxy) is 1. The second-order valence-electron chi connectivity index (χ2n) is 5.79. The molecule has 2 N–H and O–H groups in total. The topological polar surface area (TPSA) is 89.0 Å². The fraction of sp³-hybridized carbons (Fsp3) is 0.200. The van der Waals surface area contributed by atoms with Crippen LogP contribution in [-0.4, -0.2) is 41.1 Å². The average molecular weight is 363 g/mol. The summed E-state index contributed by atoms with van der Waals surface area (Å²) >= 11 is 0. The molecule has 0 aliphatic rings. The number of hydrogen-bond donors (Lipinski definition) is 2. The van der Waals surface area contributed by atoms with Crippen LogP contribution in [0.15, 0.2) is 60.9 Å². The van der Waals surface area contributed by atoms with Crippen LogP contribution in [0.2, 0.25) is 0 Å². The molecular formula is C20H21N5O2. The van der Waals surface area contributed by atoms with Crippen LogP contribution in [0.1, 0.15) is 16.1 Å². The van der Waals surface area contributed by atoms with Crippen molar-refractivity contribution in [2.45, 2.75) is 6.54 Å². The number of anilines is 1. The van der Waals surface area contributed by atoms with Gasteiger partial charge in [-0.25, -0.2) is 9.97 Å². The molecule has 138 valence electrons. The van der Waals surface area contributed by atoms with Gasteiger partial charge in [0, 0.05) is 44.2 Å². The molecule has 7 heteroatoms. The maximum atomic E-state index is 12.6. The summed E-state index contributed by atoms with van der Waals surface area (Å²) < 4.78 is 5.05. The SMILES string of the molecule is COCCNc1cc(C(=O)NCc2ccncc2)nc(-c2ccccc2)n1. The minimum atomic E-state index is -0.263. The van der Waals surface area contributed by atoms with Gasteiger partial charge in [0.15, 0.2) is 5.82 Å². The number of carbonyl (C=O) groups is 1. The highest BCUT2D eigenvalue weighted by Gasteiger charge is 2.13. The fourth-order valence-corrected chi connectivity index (χ4v) is 2.43. The summed E-state index contributed by atoms with van der Waals surface area (Å²) in [4.78, 5) is 25.5. The highest BCUT2D eigenvalue weighted by molar-refractivity contribution is 5.93. The number of aromatic nitrogens is 3. The van der Waals surface area contributed by atoms with Crippen molar-refractivity contribution in [1.29, 1.82) is 0 Å². The van der Waals surface area contributed by atoms with Crippen molar-refractivity contribution in [3.8, 4) is 11.4 Å². The molecule has 0 saturated heterocycles. The molecule has 0 radical (unpaired) electrons. The van der Waals surface area contributed by atoms with Crippen molar-refractivity contribution in [2.24, 2.45) is 0 Å². The van der Waals surface area contributed by atoms with E-state index in [0.29, 0.717) is 37.0 Å². The normalized spacial score (nSPS) is 10.4. The Morgan fingerprint density at radius 2 is 1.85 bits per heavy atom. The quantitative estimate of drug-likeness (QED) is 0.598. The van der Waals surface area contributed by atoms with Gasteiger partial charge in [-0.2, -0.15) is 0 Å². The monoisotopic (exact) mass is 363 g/mol. The summed E-state index contributed by atoms with van der Waals surface area (Å²) in [5.41, 5.74) is 2.11. The molecule has 7 nitrogen and oxygen atoms in total. The number of amides is 1. The Balaban J connectivity index is 1.81. The van der Waals surface area contributed by atoms with Gasteiger partial charge in [0.05, 0.1) is 6.61 Å².